The highest BCUT2D eigenvalue weighted by Gasteiger charge is 2.11. The molecule has 0 N–H and O–H groups in total. The van der Waals surface area contributed by atoms with E-state index in [9.17, 15) is 9.59 Å². The van der Waals surface area contributed by atoms with Crippen molar-refractivity contribution in [3.8, 4) is 0 Å². The number of Topliss-reactive ketones (excluding diaryl/α,β-unsaturated/α-hetero) is 1. The first kappa shape index (κ1) is 11.1. The fraction of sp³-hybridized carbons (Fsp3) is 0.727. The van der Waals surface area contributed by atoms with Gasteiger partial charge in [-0.3, -0.25) is 9.59 Å². The number of nitrogens with zero attached hydrogens (tertiary/aromatic N) is 1. The Bertz CT molecular complexity index is 240. The summed E-state index contributed by atoms with van der Waals surface area (Å²) in [5.41, 5.74) is 0. The molecule has 0 saturated heterocycles. The van der Waals surface area contributed by atoms with E-state index < -0.39 is 0 Å². The van der Waals surface area contributed by atoms with E-state index in [1.54, 1.807) is 6.21 Å². The molecule has 0 radical (unpaired) electrons. The molecule has 1 aliphatic rings. The third kappa shape index (κ3) is 4.30. The Morgan fingerprint density at radius 3 is 2.50 bits per heavy atom. The molecule has 1 fully saturated rings. The van der Waals surface area contributed by atoms with E-state index in [0.29, 0.717) is 5.92 Å². The van der Waals surface area contributed by atoms with Crippen molar-refractivity contribution in [2.45, 2.75) is 45.4 Å². The largest absolute Gasteiger partial charge is 0.299 e. The molecule has 1 aliphatic carbocycles. The maximum atomic E-state index is 11.1. The van der Waals surface area contributed by atoms with E-state index in [0.717, 1.165) is 12.8 Å². The van der Waals surface area contributed by atoms with Crippen LogP contribution in [0, 0.1) is 5.92 Å². The minimum Gasteiger partial charge on any atom is -0.299 e. The molecule has 0 bridgehead atoms. The van der Waals surface area contributed by atoms with Gasteiger partial charge in [-0.15, -0.1) is 0 Å². The van der Waals surface area contributed by atoms with Crippen molar-refractivity contribution in [3.63, 3.8) is 0 Å². The molecule has 0 spiro atoms. The van der Waals surface area contributed by atoms with Crippen LogP contribution in [-0.2, 0) is 9.59 Å². The highest BCUT2D eigenvalue weighted by molar-refractivity contribution is 5.99. The average molecular weight is 195 g/mol. The minimum atomic E-state index is -0.303. The Balaban J connectivity index is 2.30. The fourth-order valence-corrected chi connectivity index (χ4v) is 1.73. The monoisotopic (exact) mass is 195 g/mol. The van der Waals surface area contributed by atoms with Gasteiger partial charge in [0.1, 0.15) is 5.78 Å². The van der Waals surface area contributed by atoms with Crippen molar-refractivity contribution in [3.05, 3.63) is 0 Å². The summed E-state index contributed by atoms with van der Waals surface area (Å²) in [6, 6.07) is 0. The van der Waals surface area contributed by atoms with Crippen molar-refractivity contribution in [1.29, 1.82) is 0 Å². The second-order valence-corrected chi connectivity index (χ2v) is 3.95. The first-order chi connectivity index (χ1) is 6.68. The zero-order valence-electron chi connectivity index (χ0n) is 8.66. The van der Waals surface area contributed by atoms with Gasteiger partial charge < -0.3 is 0 Å². The van der Waals surface area contributed by atoms with Crippen LogP contribution >= 0.6 is 0 Å². The molecule has 0 aliphatic heterocycles. The van der Waals surface area contributed by atoms with Gasteiger partial charge in [-0.25, -0.2) is 4.99 Å². The van der Waals surface area contributed by atoms with Gasteiger partial charge in [0.25, 0.3) is 5.91 Å². The van der Waals surface area contributed by atoms with Gasteiger partial charge in [0.15, 0.2) is 0 Å². The van der Waals surface area contributed by atoms with Crippen LogP contribution < -0.4 is 0 Å². The predicted molar refractivity (Wildman–Crippen MR) is 55.4 cm³/mol. The number of ketones is 1. The van der Waals surface area contributed by atoms with Crippen LogP contribution in [0.3, 0.4) is 0 Å². The number of carbonyl (C=O) groups excluding carboxylic acids is 2. The van der Waals surface area contributed by atoms with E-state index in [4.69, 9.17) is 0 Å². The lowest BCUT2D eigenvalue weighted by atomic mass is 9.90. The smallest absolute Gasteiger partial charge is 0.252 e. The summed E-state index contributed by atoms with van der Waals surface area (Å²) in [5.74, 6) is 0.0403. The van der Waals surface area contributed by atoms with E-state index in [1.807, 2.05) is 0 Å². The quantitative estimate of drug-likeness (QED) is 0.511. The summed E-state index contributed by atoms with van der Waals surface area (Å²) in [4.78, 5) is 25.5. The van der Waals surface area contributed by atoms with Crippen LogP contribution in [0.1, 0.15) is 45.4 Å². The van der Waals surface area contributed by atoms with Crippen LogP contribution in [0.2, 0.25) is 0 Å². The Morgan fingerprint density at radius 1 is 1.29 bits per heavy atom. The van der Waals surface area contributed by atoms with Crippen molar-refractivity contribution in [2.24, 2.45) is 10.9 Å². The van der Waals surface area contributed by atoms with Crippen molar-refractivity contribution < 1.29 is 9.59 Å². The summed E-state index contributed by atoms with van der Waals surface area (Å²) >= 11 is 0. The third-order valence-electron chi connectivity index (χ3n) is 2.48. The summed E-state index contributed by atoms with van der Waals surface area (Å²) < 4.78 is 0. The summed E-state index contributed by atoms with van der Waals surface area (Å²) in [5, 5.41) is 0. The fourth-order valence-electron chi connectivity index (χ4n) is 1.73. The standard InChI is InChI=1S/C11H17NO2/c1-9(13)7-11(14)12-8-10-5-3-2-4-6-10/h8,10H,2-7H2,1H3. The van der Waals surface area contributed by atoms with Gasteiger partial charge >= 0.3 is 0 Å². The minimum absolute atomic E-state index is 0.0524. The Morgan fingerprint density at radius 2 is 1.93 bits per heavy atom. The number of aliphatic imine (C=N–C) groups is 1. The molecular formula is C11H17NO2. The summed E-state index contributed by atoms with van der Waals surface area (Å²) in [6.07, 6.45) is 7.72. The van der Waals surface area contributed by atoms with Gasteiger partial charge in [-0.2, -0.15) is 0 Å². The molecule has 0 unspecified atom stereocenters. The summed E-state index contributed by atoms with van der Waals surface area (Å²) in [6.45, 7) is 1.41. The zero-order chi connectivity index (χ0) is 10.4. The molecule has 1 rings (SSSR count). The Kier molecular flexibility index (Phi) is 4.50. The number of rotatable bonds is 3. The van der Waals surface area contributed by atoms with E-state index in [1.165, 1.54) is 26.2 Å². The van der Waals surface area contributed by atoms with E-state index in [2.05, 4.69) is 4.99 Å². The molecule has 0 aromatic heterocycles. The number of carbonyl (C=O) groups is 2. The van der Waals surface area contributed by atoms with Crippen LogP contribution in [0.25, 0.3) is 0 Å². The van der Waals surface area contributed by atoms with Crippen LogP contribution in [0.4, 0.5) is 0 Å². The topological polar surface area (TPSA) is 46.5 Å². The number of hydrogen-bond donors (Lipinski definition) is 0. The van der Waals surface area contributed by atoms with Crippen LogP contribution in [0.15, 0.2) is 4.99 Å². The third-order valence-corrected chi connectivity index (χ3v) is 2.48. The second kappa shape index (κ2) is 5.68. The van der Waals surface area contributed by atoms with Gasteiger partial charge in [-0.1, -0.05) is 19.3 Å². The number of hydrogen-bond acceptors (Lipinski definition) is 2. The molecule has 0 aromatic rings. The maximum absolute atomic E-state index is 11.1. The highest BCUT2D eigenvalue weighted by Crippen LogP contribution is 2.21. The predicted octanol–water partition coefficient (Wildman–Crippen LogP) is 2.14. The van der Waals surface area contributed by atoms with Gasteiger partial charge in [0.05, 0.1) is 6.42 Å². The number of amides is 1. The second-order valence-electron chi connectivity index (χ2n) is 3.95. The summed E-state index contributed by atoms with van der Waals surface area (Å²) in [7, 11) is 0. The SMILES string of the molecule is CC(=O)CC(=O)N=CC1CCCCC1. The molecule has 3 nitrogen and oxygen atoms in total. The lowest BCUT2D eigenvalue weighted by Gasteiger charge is -2.16. The van der Waals surface area contributed by atoms with E-state index in [-0.39, 0.29) is 18.1 Å². The molecule has 0 heterocycles. The molecule has 78 valence electrons. The molecule has 14 heavy (non-hydrogen) atoms. The molecule has 1 amide bonds. The molecule has 0 aromatic carbocycles. The molecule has 0 atom stereocenters. The van der Waals surface area contributed by atoms with Crippen LogP contribution in [-0.4, -0.2) is 17.9 Å². The molecular weight excluding hydrogens is 178 g/mol. The van der Waals surface area contributed by atoms with Crippen LogP contribution in [0.5, 0.6) is 0 Å². The normalized spacial score (nSPS) is 18.6. The molecule has 1 saturated carbocycles. The Hall–Kier alpha value is -0.990. The maximum Gasteiger partial charge on any atom is 0.252 e. The zero-order valence-corrected chi connectivity index (χ0v) is 8.66. The van der Waals surface area contributed by atoms with E-state index >= 15 is 0 Å². The lowest BCUT2D eigenvalue weighted by Crippen LogP contribution is -2.09. The average Bonchev–Trinajstić information content (AvgIpc) is 2.15. The van der Waals surface area contributed by atoms with Gasteiger partial charge in [0, 0.05) is 6.21 Å². The van der Waals surface area contributed by atoms with Gasteiger partial charge in [0.2, 0.25) is 0 Å². The first-order valence-corrected chi connectivity index (χ1v) is 5.25. The van der Waals surface area contributed by atoms with Crippen molar-refractivity contribution in [1.82, 2.24) is 0 Å². The highest BCUT2D eigenvalue weighted by atomic mass is 16.2. The molecule has 3 heteroatoms. The van der Waals surface area contributed by atoms with Crippen molar-refractivity contribution in [2.75, 3.05) is 0 Å². The Labute approximate surface area is 84.6 Å². The van der Waals surface area contributed by atoms with Gasteiger partial charge in [-0.05, 0) is 25.7 Å². The first-order valence-electron chi connectivity index (χ1n) is 5.25. The lowest BCUT2D eigenvalue weighted by molar-refractivity contribution is -0.125. The van der Waals surface area contributed by atoms with Crippen molar-refractivity contribution >= 4 is 17.9 Å².